The van der Waals surface area contributed by atoms with E-state index in [-0.39, 0.29) is 25.4 Å². The normalized spacial score (nSPS) is 22.8. The first-order chi connectivity index (χ1) is 21.8. The number of amides is 2. The lowest BCUT2D eigenvalue weighted by Gasteiger charge is -2.31. The van der Waals surface area contributed by atoms with Gasteiger partial charge in [0.2, 0.25) is 11.8 Å². The zero-order valence-corrected chi connectivity index (χ0v) is 29.0. The number of carbonyl (C=O) groups excluding carboxylic acids is 2. The molecule has 0 aromatic carbocycles. The number of hydrogen-bond acceptors (Lipinski definition) is 9. The first-order valence-corrected chi connectivity index (χ1v) is 18.7. The summed E-state index contributed by atoms with van der Waals surface area (Å²) in [6.07, 6.45) is 16.0. The number of aliphatic hydroxyl groups is 3. The predicted molar refractivity (Wildman–Crippen MR) is 176 cm³/mol. The molecule has 0 spiro atoms. The molecule has 0 aromatic rings. The number of aliphatic hydroxyl groups excluding tert-OH is 3. The van der Waals surface area contributed by atoms with Gasteiger partial charge in [-0.1, -0.05) is 70.4 Å². The van der Waals surface area contributed by atoms with Gasteiger partial charge >= 0.3 is 13.6 Å². The number of carboxylic acids is 1. The summed E-state index contributed by atoms with van der Waals surface area (Å²) in [5.41, 5.74) is -1.95. The zero-order valence-electron chi connectivity index (χ0n) is 28.1. The zero-order chi connectivity index (χ0) is 34.6. The number of likely N-dealkylation sites (tertiary alicyclic amines) is 1. The quantitative estimate of drug-likeness (QED) is 0.0402. The second-order valence-electron chi connectivity index (χ2n) is 12.6. The van der Waals surface area contributed by atoms with Crippen molar-refractivity contribution in [2.45, 2.75) is 140 Å². The van der Waals surface area contributed by atoms with E-state index in [9.17, 15) is 44.3 Å². The Morgan fingerprint density at radius 1 is 0.913 bits per heavy atom. The van der Waals surface area contributed by atoms with Gasteiger partial charge in [0.15, 0.2) is 5.54 Å². The number of nitrogens with one attached hydrogen (secondary N) is 2. The highest BCUT2D eigenvalue weighted by molar-refractivity contribution is 7.52. The second kappa shape index (κ2) is 22.7. The molecule has 268 valence electrons. The Morgan fingerprint density at radius 3 is 2.00 bits per heavy atom. The molecule has 1 aliphatic heterocycles. The lowest BCUT2D eigenvalue weighted by atomic mass is 10.0. The van der Waals surface area contributed by atoms with Crippen LogP contribution in [0, 0.1) is 0 Å². The first kappa shape index (κ1) is 42.2. The average Bonchev–Trinajstić information content (AvgIpc) is 3.23. The highest BCUT2D eigenvalue weighted by Gasteiger charge is 2.47. The van der Waals surface area contributed by atoms with Crippen LogP contribution >= 0.6 is 7.60 Å². The SMILES string of the molecule is CCCCCCCC/C=C\CCCCCCCC(=O)NC(C)(COP(=O)(O)CCN1[C@H](CO)[C@@H](O)[C@H](O)[C@H]1CNC(C)=O)C(=O)O. The van der Waals surface area contributed by atoms with Gasteiger partial charge in [-0.15, -0.1) is 0 Å². The summed E-state index contributed by atoms with van der Waals surface area (Å²) in [5.74, 6) is -2.30. The van der Waals surface area contributed by atoms with Crippen LogP contribution in [-0.4, -0.2) is 110 Å². The lowest BCUT2D eigenvalue weighted by molar-refractivity contribution is -0.148. The summed E-state index contributed by atoms with van der Waals surface area (Å²) < 4.78 is 18.0. The third-order valence-electron chi connectivity index (χ3n) is 8.49. The van der Waals surface area contributed by atoms with E-state index in [1.807, 2.05) is 0 Å². The van der Waals surface area contributed by atoms with E-state index >= 15 is 0 Å². The Labute approximate surface area is 274 Å². The molecule has 0 aliphatic carbocycles. The Morgan fingerprint density at radius 2 is 1.46 bits per heavy atom. The van der Waals surface area contributed by atoms with Gasteiger partial charge in [-0.2, -0.15) is 0 Å². The Balaban J connectivity index is 2.41. The molecule has 0 radical (unpaired) electrons. The van der Waals surface area contributed by atoms with E-state index in [0.29, 0.717) is 6.42 Å². The van der Waals surface area contributed by atoms with Crippen LogP contribution in [0.2, 0.25) is 0 Å². The van der Waals surface area contributed by atoms with Crippen LogP contribution in [0.15, 0.2) is 12.2 Å². The van der Waals surface area contributed by atoms with E-state index in [0.717, 1.165) is 38.5 Å². The maximum atomic E-state index is 12.8. The van der Waals surface area contributed by atoms with Crippen molar-refractivity contribution in [3.05, 3.63) is 12.2 Å². The van der Waals surface area contributed by atoms with Crippen LogP contribution < -0.4 is 10.6 Å². The number of aliphatic carboxylic acids is 1. The van der Waals surface area contributed by atoms with Gasteiger partial charge in [0.1, 0.15) is 0 Å². The van der Waals surface area contributed by atoms with Crippen LogP contribution in [0.4, 0.5) is 0 Å². The molecule has 1 fully saturated rings. The largest absolute Gasteiger partial charge is 0.479 e. The number of hydrogen-bond donors (Lipinski definition) is 7. The van der Waals surface area contributed by atoms with Crippen molar-refractivity contribution in [1.29, 1.82) is 0 Å². The van der Waals surface area contributed by atoms with Crippen molar-refractivity contribution in [1.82, 2.24) is 15.5 Å². The standard InChI is InChI=1S/C32H60N3O10P/c1-4-5-6-7-8-9-10-11-12-13-14-15-16-17-18-19-28(38)34-32(3,31(41)42)24-45-46(43,44)21-20-35-26(22-33-25(2)37)29(39)30(40)27(35)23-36/h11-12,26-27,29-30,36,39-40H,4-10,13-24H2,1-3H3,(H,33,37)(H,34,38)(H,41,42)(H,43,44)/b12-11-/t26-,27-,29-,30-,32?/m1/s1. The summed E-state index contributed by atoms with van der Waals surface area (Å²) in [4.78, 5) is 47.7. The van der Waals surface area contributed by atoms with Crippen LogP contribution in [-0.2, 0) is 23.5 Å². The van der Waals surface area contributed by atoms with Gasteiger partial charge in [0.25, 0.3) is 0 Å². The molecule has 6 atom stereocenters. The summed E-state index contributed by atoms with van der Waals surface area (Å²) in [6.45, 7) is 3.11. The van der Waals surface area contributed by atoms with E-state index in [2.05, 4.69) is 29.7 Å². The number of carbonyl (C=O) groups is 3. The fourth-order valence-corrected chi connectivity index (χ4v) is 6.61. The number of allylic oxidation sites excluding steroid dienone is 2. The summed E-state index contributed by atoms with van der Waals surface area (Å²) in [5, 5.41) is 45.1. The molecule has 1 aliphatic rings. The van der Waals surface area contributed by atoms with Crippen molar-refractivity contribution in [2.24, 2.45) is 0 Å². The van der Waals surface area contributed by atoms with Crippen LogP contribution in [0.5, 0.6) is 0 Å². The molecule has 0 saturated carbocycles. The monoisotopic (exact) mass is 677 g/mol. The van der Waals surface area contributed by atoms with Gasteiger partial charge in [-0.05, 0) is 39.0 Å². The molecule has 2 amide bonds. The Kier molecular flexibility index (Phi) is 20.8. The molecule has 1 rings (SSSR count). The van der Waals surface area contributed by atoms with Crippen LogP contribution in [0.1, 0.15) is 111 Å². The van der Waals surface area contributed by atoms with Crippen LogP contribution in [0.3, 0.4) is 0 Å². The molecule has 2 unspecified atom stereocenters. The molecule has 13 nitrogen and oxygen atoms in total. The molecule has 1 heterocycles. The first-order valence-electron chi connectivity index (χ1n) is 16.9. The maximum Gasteiger partial charge on any atom is 0.331 e. The van der Waals surface area contributed by atoms with E-state index < -0.39 is 68.7 Å². The molecule has 1 saturated heterocycles. The smallest absolute Gasteiger partial charge is 0.331 e. The summed E-state index contributed by atoms with van der Waals surface area (Å²) >= 11 is 0. The second-order valence-corrected chi connectivity index (χ2v) is 14.6. The summed E-state index contributed by atoms with van der Waals surface area (Å²) in [7, 11) is -4.41. The highest BCUT2D eigenvalue weighted by atomic mass is 31.2. The number of carboxylic acid groups (broad SMARTS) is 1. The molecule has 0 bridgehead atoms. The number of nitrogens with zero attached hydrogens (tertiary/aromatic N) is 1. The minimum atomic E-state index is -4.41. The van der Waals surface area contributed by atoms with Crippen molar-refractivity contribution >= 4 is 25.4 Å². The van der Waals surface area contributed by atoms with E-state index in [4.69, 9.17) is 4.52 Å². The minimum Gasteiger partial charge on any atom is -0.479 e. The van der Waals surface area contributed by atoms with Crippen molar-refractivity contribution in [3.63, 3.8) is 0 Å². The molecule has 14 heteroatoms. The number of rotatable bonds is 26. The fourth-order valence-electron chi connectivity index (χ4n) is 5.54. The van der Waals surface area contributed by atoms with Crippen molar-refractivity contribution in [3.8, 4) is 0 Å². The molecular weight excluding hydrogens is 617 g/mol. The average molecular weight is 678 g/mol. The maximum absolute atomic E-state index is 12.8. The third-order valence-corrected chi connectivity index (χ3v) is 9.78. The van der Waals surface area contributed by atoms with Crippen molar-refractivity contribution in [2.75, 3.05) is 32.5 Å². The van der Waals surface area contributed by atoms with Gasteiger partial charge < -0.3 is 40.5 Å². The lowest BCUT2D eigenvalue weighted by Crippen LogP contribution is -2.55. The Hall–Kier alpha value is -1.86. The van der Waals surface area contributed by atoms with Gasteiger partial charge in [0.05, 0.1) is 43.7 Å². The molecule has 0 aromatic heterocycles. The van der Waals surface area contributed by atoms with Gasteiger partial charge in [-0.3, -0.25) is 19.1 Å². The van der Waals surface area contributed by atoms with Gasteiger partial charge in [0, 0.05) is 26.4 Å². The minimum absolute atomic E-state index is 0.0690. The molecule has 46 heavy (non-hydrogen) atoms. The summed E-state index contributed by atoms with van der Waals surface area (Å²) in [6, 6.07) is -1.79. The Bertz CT molecular complexity index is 984. The van der Waals surface area contributed by atoms with E-state index in [1.165, 1.54) is 57.3 Å². The highest BCUT2D eigenvalue weighted by Crippen LogP contribution is 2.43. The fraction of sp³-hybridized carbons (Fsp3) is 0.844. The van der Waals surface area contributed by atoms with E-state index in [1.54, 1.807) is 0 Å². The van der Waals surface area contributed by atoms with Crippen LogP contribution in [0.25, 0.3) is 0 Å². The third kappa shape index (κ3) is 16.3. The van der Waals surface area contributed by atoms with Gasteiger partial charge in [-0.25, -0.2) is 4.79 Å². The predicted octanol–water partition coefficient (Wildman–Crippen LogP) is 3.09. The topological polar surface area (TPSA) is 206 Å². The molecular formula is C32H60N3O10P. The number of unbranched alkanes of at least 4 members (excludes halogenated alkanes) is 11. The van der Waals surface area contributed by atoms with Crippen molar-refractivity contribution < 1.29 is 48.8 Å². The molecule has 7 N–H and O–H groups in total.